The third kappa shape index (κ3) is 10.7. The molecule has 0 spiro atoms. The zero-order valence-corrected chi connectivity index (χ0v) is 15.6. The molecule has 2 aromatic rings. The van der Waals surface area contributed by atoms with Crippen molar-refractivity contribution < 1.29 is 24.2 Å². The average molecular weight is 370 g/mol. The third-order valence-corrected chi connectivity index (χ3v) is 4.02. The fourth-order valence-corrected chi connectivity index (χ4v) is 2.72. The largest absolute Gasteiger partial charge is 0.469 e. The van der Waals surface area contributed by atoms with Gasteiger partial charge in [0.15, 0.2) is 0 Å². The Morgan fingerprint density at radius 1 is 1.08 bits per heavy atom. The number of carbonyl (C=O) groups is 2. The van der Waals surface area contributed by atoms with Gasteiger partial charge in [-0.05, 0) is 57.3 Å². The Balaban J connectivity index is 0.000000400. The molecule has 1 N–H and O–H groups in total. The summed E-state index contributed by atoms with van der Waals surface area (Å²) in [7, 11) is 3.77. The van der Waals surface area contributed by atoms with Gasteiger partial charge >= 0.3 is 11.9 Å². The van der Waals surface area contributed by atoms with E-state index in [0.717, 1.165) is 19.1 Å². The number of aliphatic hydroxyl groups is 1. The zero-order chi connectivity index (χ0) is 18.2. The lowest BCUT2D eigenvalue weighted by Gasteiger charge is -1.95. The molecule has 0 radical (unpaired) electrons. The van der Waals surface area contributed by atoms with Gasteiger partial charge < -0.3 is 14.6 Å². The molecule has 7 heteroatoms. The highest BCUT2D eigenvalue weighted by Crippen LogP contribution is 2.08. The first-order valence-corrected chi connectivity index (χ1v) is 8.85. The van der Waals surface area contributed by atoms with Crippen molar-refractivity contribution in [3.8, 4) is 0 Å². The number of aryl methyl sites for hydroxylation is 1. The lowest BCUT2D eigenvalue weighted by Crippen LogP contribution is -2.00. The standard InChI is InChI=1S/C8H10O2S.C8H8O2S.CH4O/c2*1-10-8(9)3-2-7-4-5-11-6-7;1-2/h4-6H,2-3H2,1H3;2-6H,1H3;2H,1H3/b;3-2+;. The van der Waals surface area contributed by atoms with E-state index >= 15 is 0 Å². The first kappa shape index (κ1) is 22.0. The Bertz CT molecular complexity index is 574. The number of methoxy groups -OCH3 is 2. The van der Waals surface area contributed by atoms with Gasteiger partial charge in [0.1, 0.15) is 0 Å². The van der Waals surface area contributed by atoms with Crippen LogP contribution in [0.3, 0.4) is 0 Å². The summed E-state index contributed by atoms with van der Waals surface area (Å²) in [4.78, 5) is 21.3. The topological polar surface area (TPSA) is 72.8 Å². The van der Waals surface area contributed by atoms with Crippen molar-refractivity contribution >= 4 is 40.7 Å². The number of esters is 2. The highest BCUT2D eigenvalue weighted by atomic mass is 32.1. The van der Waals surface area contributed by atoms with Crippen molar-refractivity contribution in [1.29, 1.82) is 0 Å². The molecule has 0 aliphatic heterocycles. The van der Waals surface area contributed by atoms with Crippen LogP contribution < -0.4 is 0 Å². The van der Waals surface area contributed by atoms with E-state index in [0.29, 0.717) is 6.42 Å². The van der Waals surface area contributed by atoms with Crippen molar-refractivity contribution in [2.45, 2.75) is 12.8 Å². The van der Waals surface area contributed by atoms with E-state index in [1.807, 2.05) is 33.7 Å². The molecule has 0 fully saturated rings. The molecule has 2 rings (SSSR count). The summed E-state index contributed by atoms with van der Waals surface area (Å²) >= 11 is 3.24. The maximum Gasteiger partial charge on any atom is 0.330 e. The van der Waals surface area contributed by atoms with Gasteiger partial charge in [-0.3, -0.25) is 4.79 Å². The smallest absolute Gasteiger partial charge is 0.330 e. The lowest BCUT2D eigenvalue weighted by molar-refractivity contribution is -0.140. The molecular formula is C17H22O5S2. The molecule has 0 saturated carbocycles. The highest BCUT2D eigenvalue weighted by molar-refractivity contribution is 7.08. The predicted octanol–water partition coefficient (Wildman–Crippen LogP) is 3.40. The Hall–Kier alpha value is -1.96. The summed E-state index contributed by atoms with van der Waals surface area (Å²) < 4.78 is 8.94. The molecule has 24 heavy (non-hydrogen) atoms. The SMILES string of the molecule is CO.COC(=O)/C=C/c1ccsc1.COC(=O)CCc1ccsc1. The van der Waals surface area contributed by atoms with Gasteiger partial charge in [-0.25, -0.2) is 4.79 Å². The van der Waals surface area contributed by atoms with Gasteiger partial charge in [0, 0.05) is 19.6 Å². The minimum atomic E-state index is -0.323. The van der Waals surface area contributed by atoms with Crippen LogP contribution in [0.4, 0.5) is 0 Å². The molecule has 2 heterocycles. The quantitative estimate of drug-likeness (QED) is 0.645. The van der Waals surface area contributed by atoms with Crippen LogP contribution in [0.2, 0.25) is 0 Å². The summed E-state index contributed by atoms with van der Waals surface area (Å²) in [6.07, 6.45) is 4.40. The molecule has 0 aromatic carbocycles. The van der Waals surface area contributed by atoms with Crippen LogP contribution in [0, 0.1) is 0 Å². The lowest BCUT2D eigenvalue weighted by atomic mass is 10.2. The summed E-state index contributed by atoms with van der Waals surface area (Å²) in [6.45, 7) is 0. The van der Waals surface area contributed by atoms with Gasteiger partial charge in [-0.15, -0.1) is 0 Å². The second-order valence-corrected chi connectivity index (χ2v) is 5.68. The van der Waals surface area contributed by atoms with Crippen LogP contribution in [-0.4, -0.2) is 38.4 Å². The molecule has 0 aliphatic rings. The summed E-state index contributed by atoms with van der Waals surface area (Å²) in [6, 6.07) is 3.96. The molecule has 5 nitrogen and oxygen atoms in total. The second kappa shape index (κ2) is 14.6. The Labute approximate surface area is 150 Å². The van der Waals surface area contributed by atoms with Gasteiger partial charge in [0.05, 0.1) is 14.2 Å². The zero-order valence-electron chi connectivity index (χ0n) is 13.9. The van der Waals surface area contributed by atoms with Crippen LogP contribution in [0.5, 0.6) is 0 Å². The normalized spacial score (nSPS) is 9.33. The first-order valence-electron chi connectivity index (χ1n) is 6.96. The Kier molecular flexibility index (Phi) is 13.4. The van der Waals surface area contributed by atoms with Crippen molar-refractivity contribution in [1.82, 2.24) is 0 Å². The summed E-state index contributed by atoms with van der Waals surface area (Å²) in [5.74, 6) is -0.465. The number of ether oxygens (including phenoxy) is 2. The number of hydrogen-bond acceptors (Lipinski definition) is 7. The van der Waals surface area contributed by atoms with E-state index < -0.39 is 0 Å². The Morgan fingerprint density at radius 3 is 2.25 bits per heavy atom. The minimum absolute atomic E-state index is 0.142. The minimum Gasteiger partial charge on any atom is -0.469 e. The predicted molar refractivity (Wildman–Crippen MR) is 98.2 cm³/mol. The van der Waals surface area contributed by atoms with Gasteiger partial charge in [0.2, 0.25) is 0 Å². The van der Waals surface area contributed by atoms with E-state index in [1.54, 1.807) is 28.7 Å². The number of carbonyl (C=O) groups excluding carboxylic acids is 2. The van der Waals surface area contributed by atoms with Gasteiger partial charge in [-0.2, -0.15) is 22.7 Å². The fraction of sp³-hybridized carbons (Fsp3) is 0.294. The van der Waals surface area contributed by atoms with Crippen molar-refractivity contribution in [3.05, 3.63) is 50.9 Å². The Morgan fingerprint density at radius 2 is 1.75 bits per heavy atom. The molecule has 0 bridgehead atoms. The number of thiophene rings is 2. The second-order valence-electron chi connectivity index (χ2n) is 4.12. The van der Waals surface area contributed by atoms with Crippen LogP contribution >= 0.6 is 22.7 Å². The summed E-state index contributed by atoms with van der Waals surface area (Å²) in [5, 5.41) is 15.0. The maximum atomic E-state index is 10.7. The van der Waals surface area contributed by atoms with Gasteiger partial charge in [-0.1, -0.05) is 0 Å². The monoisotopic (exact) mass is 370 g/mol. The molecular weight excluding hydrogens is 348 g/mol. The fourth-order valence-electron chi connectivity index (χ4n) is 1.39. The van der Waals surface area contributed by atoms with Crippen LogP contribution in [-0.2, 0) is 25.5 Å². The molecule has 2 aromatic heterocycles. The average Bonchev–Trinajstić information content (AvgIpc) is 3.33. The number of hydrogen-bond donors (Lipinski definition) is 1. The van der Waals surface area contributed by atoms with E-state index in [4.69, 9.17) is 5.11 Å². The molecule has 132 valence electrons. The van der Waals surface area contributed by atoms with E-state index in [9.17, 15) is 9.59 Å². The summed E-state index contributed by atoms with van der Waals surface area (Å²) in [5.41, 5.74) is 2.24. The number of rotatable bonds is 5. The van der Waals surface area contributed by atoms with Crippen molar-refractivity contribution in [2.75, 3.05) is 21.3 Å². The maximum absolute atomic E-state index is 10.7. The van der Waals surface area contributed by atoms with Crippen molar-refractivity contribution in [2.24, 2.45) is 0 Å². The first-order chi connectivity index (χ1) is 11.7. The van der Waals surface area contributed by atoms with E-state index in [2.05, 4.69) is 9.47 Å². The van der Waals surface area contributed by atoms with E-state index in [-0.39, 0.29) is 11.9 Å². The highest BCUT2D eigenvalue weighted by Gasteiger charge is 2.00. The molecule has 0 atom stereocenters. The third-order valence-electron chi connectivity index (χ3n) is 2.58. The molecule has 0 saturated heterocycles. The number of aliphatic hydroxyl groups excluding tert-OH is 1. The van der Waals surface area contributed by atoms with Crippen LogP contribution in [0.15, 0.2) is 39.7 Å². The van der Waals surface area contributed by atoms with E-state index in [1.165, 1.54) is 25.9 Å². The molecule has 0 unspecified atom stereocenters. The van der Waals surface area contributed by atoms with Crippen LogP contribution in [0.1, 0.15) is 17.5 Å². The molecule has 0 amide bonds. The van der Waals surface area contributed by atoms with Gasteiger partial charge in [0.25, 0.3) is 0 Å². The molecule has 0 aliphatic carbocycles. The van der Waals surface area contributed by atoms with Crippen molar-refractivity contribution in [3.63, 3.8) is 0 Å². The van der Waals surface area contributed by atoms with Crippen LogP contribution in [0.25, 0.3) is 6.08 Å².